The van der Waals surface area contributed by atoms with Gasteiger partial charge in [0.25, 0.3) is 0 Å². The van der Waals surface area contributed by atoms with Gasteiger partial charge >= 0.3 is 0 Å². The first-order chi connectivity index (χ1) is 14.8. The van der Waals surface area contributed by atoms with E-state index in [0.29, 0.717) is 30.4 Å². The van der Waals surface area contributed by atoms with E-state index < -0.39 is 10.0 Å². The summed E-state index contributed by atoms with van der Waals surface area (Å²) in [6.07, 6.45) is 0.726. The largest absolute Gasteiger partial charge is 0.490 e. The molecular formula is C23H30FN3O3S. The standard InChI is InChI=1S/C23H30FN3O3S/c1-17(2)13-19-16-30-22-14-20(7-8-23(22)31(28,29)25-19)27-11-9-26(10-12-27)15-18-5-3-4-6-21(18)24/h3-8,14,17,19,25H,9-13,15-16H2,1-2H3/t19-/m0/s1. The number of hydrogen-bond donors (Lipinski definition) is 1. The van der Waals surface area contributed by atoms with Crippen LogP contribution in [0.15, 0.2) is 47.4 Å². The van der Waals surface area contributed by atoms with Crippen LogP contribution < -0.4 is 14.4 Å². The van der Waals surface area contributed by atoms with Crippen LogP contribution in [0.4, 0.5) is 10.1 Å². The van der Waals surface area contributed by atoms with Gasteiger partial charge < -0.3 is 9.64 Å². The Morgan fingerprint density at radius 2 is 1.87 bits per heavy atom. The minimum atomic E-state index is -3.61. The third-order valence-electron chi connectivity index (χ3n) is 5.82. The number of sulfonamides is 1. The normalized spacial score (nSPS) is 21.4. The van der Waals surface area contributed by atoms with Crippen LogP contribution in [-0.4, -0.2) is 52.1 Å². The second-order valence-electron chi connectivity index (χ2n) is 8.74. The molecule has 0 radical (unpaired) electrons. The lowest BCUT2D eigenvalue weighted by Crippen LogP contribution is -2.46. The molecule has 0 unspecified atom stereocenters. The number of rotatable bonds is 5. The first-order valence-electron chi connectivity index (χ1n) is 10.8. The Morgan fingerprint density at radius 1 is 1.13 bits per heavy atom. The van der Waals surface area contributed by atoms with E-state index in [9.17, 15) is 12.8 Å². The van der Waals surface area contributed by atoms with Crippen LogP contribution in [0, 0.1) is 11.7 Å². The Hall–Kier alpha value is -2.16. The third-order valence-corrected chi connectivity index (χ3v) is 7.38. The summed E-state index contributed by atoms with van der Waals surface area (Å²) in [5, 5.41) is 0. The van der Waals surface area contributed by atoms with Crippen molar-refractivity contribution in [2.24, 2.45) is 5.92 Å². The number of fused-ring (bicyclic) bond motifs is 1. The van der Waals surface area contributed by atoms with Gasteiger partial charge in [-0.25, -0.2) is 17.5 Å². The molecule has 0 saturated carbocycles. The van der Waals surface area contributed by atoms with Crippen molar-refractivity contribution in [1.82, 2.24) is 9.62 Å². The fraction of sp³-hybridized carbons (Fsp3) is 0.478. The van der Waals surface area contributed by atoms with Crippen LogP contribution in [-0.2, 0) is 16.6 Å². The van der Waals surface area contributed by atoms with Crippen molar-refractivity contribution in [1.29, 1.82) is 0 Å². The fourth-order valence-corrected chi connectivity index (χ4v) is 5.61. The molecule has 1 fully saturated rings. The number of nitrogens with zero attached hydrogens (tertiary/aromatic N) is 2. The summed E-state index contributed by atoms with van der Waals surface area (Å²) in [5.41, 5.74) is 1.66. The minimum absolute atomic E-state index is 0.168. The van der Waals surface area contributed by atoms with E-state index in [4.69, 9.17) is 4.74 Å². The van der Waals surface area contributed by atoms with Crippen LogP contribution in [0.5, 0.6) is 5.75 Å². The molecular weight excluding hydrogens is 417 g/mol. The van der Waals surface area contributed by atoms with Gasteiger partial charge in [-0.3, -0.25) is 4.90 Å². The smallest absolute Gasteiger partial charge is 0.244 e. The second-order valence-corrected chi connectivity index (χ2v) is 10.4. The van der Waals surface area contributed by atoms with Crippen molar-refractivity contribution in [2.45, 2.75) is 37.8 Å². The number of piperazine rings is 1. The van der Waals surface area contributed by atoms with Gasteiger partial charge in [-0.15, -0.1) is 0 Å². The molecule has 168 valence electrons. The summed E-state index contributed by atoms with van der Waals surface area (Å²) in [7, 11) is -3.61. The Bertz CT molecular complexity index is 1020. The van der Waals surface area contributed by atoms with E-state index in [2.05, 4.69) is 28.4 Å². The van der Waals surface area contributed by atoms with Crippen molar-refractivity contribution in [3.8, 4) is 5.75 Å². The molecule has 2 aliphatic heterocycles. The molecule has 2 heterocycles. The molecule has 2 aliphatic rings. The maximum Gasteiger partial charge on any atom is 0.244 e. The lowest BCUT2D eigenvalue weighted by Gasteiger charge is -2.36. The maximum absolute atomic E-state index is 13.9. The molecule has 0 amide bonds. The van der Waals surface area contributed by atoms with Crippen LogP contribution in [0.25, 0.3) is 0 Å². The number of nitrogens with one attached hydrogen (secondary N) is 1. The quantitative estimate of drug-likeness (QED) is 0.763. The molecule has 1 atom stereocenters. The molecule has 0 spiro atoms. The summed E-state index contributed by atoms with van der Waals surface area (Å²) < 4.78 is 48.2. The van der Waals surface area contributed by atoms with Gasteiger partial charge in [-0.1, -0.05) is 32.0 Å². The molecule has 0 aromatic heterocycles. The summed E-state index contributed by atoms with van der Waals surface area (Å²) in [6, 6.07) is 12.0. The molecule has 31 heavy (non-hydrogen) atoms. The Kier molecular flexibility index (Phi) is 6.50. The monoisotopic (exact) mass is 447 g/mol. The van der Waals surface area contributed by atoms with Crippen molar-refractivity contribution in [3.63, 3.8) is 0 Å². The van der Waals surface area contributed by atoms with E-state index >= 15 is 0 Å². The van der Waals surface area contributed by atoms with Crippen molar-refractivity contribution < 1.29 is 17.5 Å². The van der Waals surface area contributed by atoms with Crippen LogP contribution >= 0.6 is 0 Å². The molecule has 8 heteroatoms. The molecule has 2 aromatic carbocycles. The van der Waals surface area contributed by atoms with Gasteiger partial charge in [0.15, 0.2) is 0 Å². The average molecular weight is 448 g/mol. The van der Waals surface area contributed by atoms with Crippen molar-refractivity contribution in [2.75, 3.05) is 37.7 Å². The van der Waals surface area contributed by atoms with Gasteiger partial charge in [0, 0.05) is 50.0 Å². The van der Waals surface area contributed by atoms with Crippen molar-refractivity contribution >= 4 is 15.7 Å². The average Bonchev–Trinajstić information content (AvgIpc) is 2.85. The molecule has 4 rings (SSSR count). The lowest BCUT2D eigenvalue weighted by molar-refractivity contribution is 0.246. The second kappa shape index (κ2) is 9.14. The van der Waals surface area contributed by atoms with E-state index in [-0.39, 0.29) is 16.8 Å². The molecule has 0 aliphatic carbocycles. The summed E-state index contributed by atoms with van der Waals surface area (Å²) in [4.78, 5) is 4.65. The number of hydrogen-bond acceptors (Lipinski definition) is 5. The highest BCUT2D eigenvalue weighted by Gasteiger charge is 2.29. The number of benzene rings is 2. The predicted molar refractivity (Wildman–Crippen MR) is 119 cm³/mol. The maximum atomic E-state index is 13.9. The highest BCUT2D eigenvalue weighted by atomic mass is 32.2. The van der Waals surface area contributed by atoms with Crippen LogP contribution in [0.3, 0.4) is 0 Å². The highest BCUT2D eigenvalue weighted by Crippen LogP contribution is 2.32. The van der Waals surface area contributed by atoms with E-state index in [1.165, 1.54) is 6.07 Å². The Morgan fingerprint density at radius 3 is 2.58 bits per heavy atom. The van der Waals surface area contributed by atoms with Gasteiger partial charge in [-0.05, 0) is 30.5 Å². The zero-order valence-electron chi connectivity index (χ0n) is 18.1. The van der Waals surface area contributed by atoms with Crippen LogP contribution in [0.2, 0.25) is 0 Å². The fourth-order valence-electron chi connectivity index (χ4n) is 4.25. The zero-order chi connectivity index (χ0) is 22.0. The molecule has 1 N–H and O–H groups in total. The third kappa shape index (κ3) is 5.19. The summed E-state index contributed by atoms with van der Waals surface area (Å²) >= 11 is 0. The van der Waals surface area contributed by atoms with Gasteiger partial charge in [0.05, 0.1) is 6.04 Å². The highest BCUT2D eigenvalue weighted by molar-refractivity contribution is 7.89. The first-order valence-corrected chi connectivity index (χ1v) is 12.3. The van der Waals surface area contributed by atoms with Gasteiger partial charge in [0.2, 0.25) is 10.0 Å². The SMILES string of the molecule is CC(C)C[C@H]1COc2cc(N3CCN(Cc4ccccc4F)CC3)ccc2S(=O)(=O)N1. The van der Waals surface area contributed by atoms with Crippen LogP contribution in [0.1, 0.15) is 25.8 Å². The van der Waals surface area contributed by atoms with Crippen molar-refractivity contribution in [3.05, 3.63) is 53.8 Å². The van der Waals surface area contributed by atoms with E-state index in [0.717, 1.165) is 38.3 Å². The molecule has 2 aromatic rings. The first kappa shape index (κ1) is 22.0. The predicted octanol–water partition coefficient (Wildman–Crippen LogP) is 3.23. The molecule has 1 saturated heterocycles. The number of anilines is 1. The van der Waals surface area contributed by atoms with Gasteiger partial charge in [0.1, 0.15) is 23.1 Å². The minimum Gasteiger partial charge on any atom is -0.490 e. The summed E-state index contributed by atoms with van der Waals surface area (Å²) in [6.45, 7) is 8.24. The Balaban J connectivity index is 1.43. The van der Waals surface area contributed by atoms with Gasteiger partial charge in [-0.2, -0.15) is 0 Å². The lowest BCUT2D eigenvalue weighted by atomic mass is 10.1. The molecule has 0 bridgehead atoms. The van der Waals surface area contributed by atoms with E-state index in [1.807, 2.05) is 24.3 Å². The van der Waals surface area contributed by atoms with E-state index in [1.54, 1.807) is 12.1 Å². The zero-order valence-corrected chi connectivity index (χ0v) is 18.9. The number of ether oxygens (including phenoxy) is 1. The topological polar surface area (TPSA) is 61.9 Å². The summed E-state index contributed by atoms with van der Waals surface area (Å²) in [5.74, 6) is 0.609. The molecule has 6 nitrogen and oxygen atoms in total. The number of halogens is 1. The Labute approximate surface area is 184 Å².